The molecule has 0 spiro atoms. The molecule has 3 aromatic rings. The molecule has 1 saturated carbocycles. The third kappa shape index (κ3) is 5.03. The number of halogens is 1. The number of thiophene rings is 1. The Bertz CT molecular complexity index is 1300. The average molecular weight is 537 g/mol. The van der Waals surface area contributed by atoms with Crippen molar-refractivity contribution in [1.29, 1.82) is 0 Å². The van der Waals surface area contributed by atoms with E-state index >= 15 is 4.39 Å². The van der Waals surface area contributed by atoms with Gasteiger partial charge in [0.2, 0.25) is 0 Å². The second-order valence-electron chi connectivity index (χ2n) is 10.2. The molecule has 8 nitrogen and oxygen atoms in total. The molecule has 0 bridgehead atoms. The number of rotatable bonds is 8. The highest BCUT2D eigenvalue weighted by molar-refractivity contribution is 7.12. The monoisotopic (exact) mass is 536 g/mol. The first kappa shape index (κ1) is 25.0. The van der Waals surface area contributed by atoms with Crippen molar-refractivity contribution in [1.82, 2.24) is 4.90 Å². The summed E-state index contributed by atoms with van der Waals surface area (Å²) in [5, 5.41) is 12.8. The molecular weight excluding hydrogens is 507 g/mol. The van der Waals surface area contributed by atoms with Crippen LogP contribution in [0.4, 0.5) is 21.5 Å². The molecule has 2 unspecified atom stereocenters. The molecule has 2 aromatic carbocycles. The Morgan fingerprint density at radius 3 is 2.47 bits per heavy atom. The summed E-state index contributed by atoms with van der Waals surface area (Å²) in [6.07, 6.45) is 0. The average Bonchev–Trinajstić information content (AvgIpc) is 3.30. The van der Waals surface area contributed by atoms with Gasteiger partial charge < -0.3 is 14.5 Å². The minimum atomic E-state index is -0.384. The normalized spacial score (nSPS) is 22.8. The molecule has 3 heterocycles. The number of piperidine rings is 1. The number of morpholine rings is 1. The second kappa shape index (κ2) is 10.4. The number of benzene rings is 2. The van der Waals surface area contributed by atoms with Gasteiger partial charge in [-0.25, -0.2) is 4.39 Å². The number of hydrogen-bond acceptors (Lipinski definition) is 7. The van der Waals surface area contributed by atoms with Crippen LogP contribution in [0.25, 0.3) is 0 Å². The molecule has 3 fully saturated rings. The molecule has 3 aliphatic rings. The van der Waals surface area contributed by atoms with Crippen molar-refractivity contribution in [2.45, 2.75) is 6.54 Å². The number of ether oxygens (including phenoxy) is 1. The highest BCUT2D eigenvalue weighted by atomic mass is 32.1. The van der Waals surface area contributed by atoms with Crippen LogP contribution >= 0.6 is 11.3 Å². The van der Waals surface area contributed by atoms with Gasteiger partial charge in [0, 0.05) is 57.1 Å². The van der Waals surface area contributed by atoms with Gasteiger partial charge in [-0.2, -0.15) is 0 Å². The summed E-state index contributed by atoms with van der Waals surface area (Å²) in [6.45, 7) is 5.63. The van der Waals surface area contributed by atoms with E-state index in [9.17, 15) is 14.9 Å². The topological polar surface area (TPSA) is 79.2 Å². The van der Waals surface area contributed by atoms with Gasteiger partial charge in [-0.05, 0) is 53.0 Å². The van der Waals surface area contributed by atoms with E-state index in [1.165, 1.54) is 17.4 Å². The minimum absolute atomic E-state index is 0.0915. The lowest BCUT2D eigenvalue weighted by Crippen LogP contribution is -2.37. The summed E-state index contributed by atoms with van der Waals surface area (Å²) in [7, 11) is 0. The molecule has 1 aromatic heterocycles. The van der Waals surface area contributed by atoms with E-state index in [2.05, 4.69) is 4.90 Å². The number of nitro groups is 1. The lowest BCUT2D eigenvalue weighted by atomic mass is 10.1. The molecule has 2 saturated heterocycles. The number of non-ortho nitro benzene ring substituents is 1. The number of nitrogens with zero attached hydrogens (tertiary/aromatic N) is 4. The molecule has 38 heavy (non-hydrogen) atoms. The molecule has 1 aliphatic carbocycles. The quantitative estimate of drug-likeness (QED) is 0.308. The number of nitro benzene ring substituents is 1. The van der Waals surface area contributed by atoms with E-state index in [1.807, 2.05) is 40.6 Å². The molecular formula is C28H29FN4O4S. The van der Waals surface area contributed by atoms with Crippen molar-refractivity contribution in [3.63, 3.8) is 0 Å². The molecule has 2 atom stereocenters. The van der Waals surface area contributed by atoms with E-state index in [1.54, 1.807) is 23.1 Å². The van der Waals surface area contributed by atoms with Crippen LogP contribution in [0.15, 0.2) is 60.0 Å². The van der Waals surface area contributed by atoms with Gasteiger partial charge in [0.1, 0.15) is 5.82 Å². The highest BCUT2D eigenvalue weighted by Crippen LogP contribution is 2.52. The zero-order valence-electron chi connectivity index (χ0n) is 20.9. The third-order valence-electron chi connectivity index (χ3n) is 7.97. The Morgan fingerprint density at radius 2 is 1.84 bits per heavy atom. The lowest BCUT2D eigenvalue weighted by molar-refractivity contribution is -0.384. The first-order chi connectivity index (χ1) is 18.5. The predicted molar refractivity (Wildman–Crippen MR) is 144 cm³/mol. The van der Waals surface area contributed by atoms with Gasteiger partial charge in [-0.3, -0.25) is 19.8 Å². The van der Waals surface area contributed by atoms with Crippen molar-refractivity contribution in [3.05, 3.63) is 86.3 Å². The summed E-state index contributed by atoms with van der Waals surface area (Å²) in [5.41, 5.74) is 2.29. The van der Waals surface area contributed by atoms with Crippen LogP contribution in [0.5, 0.6) is 0 Å². The van der Waals surface area contributed by atoms with Gasteiger partial charge >= 0.3 is 0 Å². The van der Waals surface area contributed by atoms with E-state index in [4.69, 9.17) is 4.74 Å². The number of carbonyl (C=O) groups excluding carboxylic acids is 1. The van der Waals surface area contributed by atoms with Gasteiger partial charge in [0.15, 0.2) is 0 Å². The molecule has 198 valence electrons. The Morgan fingerprint density at radius 1 is 1.11 bits per heavy atom. The standard InChI is InChI=1S/C28H29FN4O4S/c29-25-14-21(7-8-26(25)31-9-11-37-12-10-31)32(28(34)27-2-1-13-38-27)18-24-22-16-30(17-23(22)24)15-19-3-5-20(6-4-19)33(35)36/h1-8,13-14,22-24H,9-12,15-18H2. The van der Waals surface area contributed by atoms with Gasteiger partial charge in [-0.1, -0.05) is 18.2 Å². The van der Waals surface area contributed by atoms with Gasteiger partial charge in [0.25, 0.3) is 11.6 Å². The first-order valence-corrected chi connectivity index (χ1v) is 13.8. The number of amides is 1. The van der Waals surface area contributed by atoms with E-state index in [-0.39, 0.29) is 22.3 Å². The fourth-order valence-corrected chi connectivity index (χ4v) is 6.56. The SMILES string of the molecule is O=C(c1cccs1)N(CC1C2CN(Cc3ccc([N+](=O)[O-])cc3)CC21)c1ccc(N2CCOCC2)c(F)c1. The second-order valence-corrected chi connectivity index (χ2v) is 11.2. The number of carbonyl (C=O) groups is 1. The van der Waals surface area contributed by atoms with E-state index in [0.29, 0.717) is 66.9 Å². The lowest BCUT2D eigenvalue weighted by Gasteiger charge is -2.30. The number of likely N-dealkylation sites (tertiary alicyclic amines) is 1. The van der Waals surface area contributed by atoms with Crippen molar-refractivity contribution >= 4 is 34.3 Å². The maximum Gasteiger partial charge on any atom is 0.269 e. The number of hydrogen-bond donors (Lipinski definition) is 0. The van der Waals surface area contributed by atoms with Crippen molar-refractivity contribution in [2.75, 3.05) is 55.7 Å². The third-order valence-corrected chi connectivity index (χ3v) is 8.82. The molecule has 0 radical (unpaired) electrons. The zero-order valence-corrected chi connectivity index (χ0v) is 21.7. The van der Waals surface area contributed by atoms with Crippen LogP contribution in [0, 0.1) is 33.7 Å². The summed E-state index contributed by atoms with van der Waals surface area (Å²) in [4.78, 5) is 30.8. The maximum atomic E-state index is 15.3. The Balaban J connectivity index is 1.13. The van der Waals surface area contributed by atoms with Crippen molar-refractivity contribution in [2.24, 2.45) is 17.8 Å². The Hall–Kier alpha value is -3.34. The summed E-state index contributed by atoms with van der Waals surface area (Å²) >= 11 is 1.40. The van der Waals surface area contributed by atoms with Crippen LogP contribution in [0.1, 0.15) is 15.2 Å². The van der Waals surface area contributed by atoms with E-state index < -0.39 is 0 Å². The fourth-order valence-electron chi connectivity index (χ4n) is 5.89. The molecule has 1 amide bonds. The van der Waals surface area contributed by atoms with Crippen LogP contribution in [-0.2, 0) is 11.3 Å². The zero-order chi connectivity index (χ0) is 26.2. The Kier molecular flexibility index (Phi) is 6.86. The van der Waals surface area contributed by atoms with Crippen molar-refractivity contribution in [3.8, 4) is 0 Å². The molecule has 2 aliphatic heterocycles. The van der Waals surface area contributed by atoms with Gasteiger partial charge in [-0.15, -0.1) is 11.3 Å². The fraction of sp³-hybridized carbons (Fsp3) is 0.393. The number of anilines is 2. The Labute approximate surface area is 224 Å². The van der Waals surface area contributed by atoms with Crippen LogP contribution in [-0.4, -0.2) is 61.7 Å². The van der Waals surface area contributed by atoms with Crippen LogP contribution in [0.2, 0.25) is 0 Å². The molecule has 10 heteroatoms. The highest BCUT2D eigenvalue weighted by Gasteiger charge is 2.56. The number of fused-ring (bicyclic) bond motifs is 1. The van der Waals surface area contributed by atoms with Crippen LogP contribution < -0.4 is 9.80 Å². The summed E-state index contributed by atoms with van der Waals surface area (Å²) in [6, 6.07) is 15.5. The largest absolute Gasteiger partial charge is 0.378 e. The first-order valence-electron chi connectivity index (χ1n) is 12.9. The van der Waals surface area contributed by atoms with Crippen molar-refractivity contribution < 1.29 is 18.8 Å². The molecule has 0 N–H and O–H groups in total. The predicted octanol–water partition coefficient (Wildman–Crippen LogP) is 4.66. The van der Waals surface area contributed by atoms with E-state index in [0.717, 1.165) is 25.2 Å². The minimum Gasteiger partial charge on any atom is -0.378 e. The maximum absolute atomic E-state index is 15.3. The summed E-state index contributed by atoms with van der Waals surface area (Å²) in [5.74, 6) is 0.937. The van der Waals surface area contributed by atoms with Gasteiger partial charge in [0.05, 0.1) is 28.7 Å². The molecule has 6 rings (SSSR count). The smallest absolute Gasteiger partial charge is 0.269 e. The van der Waals surface area contributed by atoms with Crippen LogP contribution in [0.3, 0.4) is 0 Å². The summed E-state index contributed by atoms with van der Waals surface area (Å²) < 4.78 is 20.6.